The van der Waals surface area contributed by atoms with Crippen LogP contribution in [-0.4, -0.2) is 34.2 Å². The quantitative estimate of drug-likeness (QED) is 0.464. The molecule has 0 saturated heterocycles. The molecule has 0 bridgehead atoms. The van der Waals surface area contributed by atoms with Crippen LogP contribution in [-0.2, 0) is 0 Å². The first-order chi connectivity index (χ1) is 11.2. The normalized spacial score (nSPS) is 10.5. The van der Waals surface area contributed by atoms with Gasteiger partial charge in [0.25, 0.3) is 5.56 Å². The molecule has 0 aliphatic heterocycles. The van der Waals surface area contributed by atoms with Crippen molar-refractivity contribution in [1.29, 1.82) is 0 Å². The number of pyridine rings is 1. The van der Waals surface area contributed by atoms with Crippen molar-refractivity contribution >= 4 is 56.3 Å². The van der Waals surface area contributed by atoms with Crippen LogP contribution in [0.3, 0.4) is 0 Å². The maximum Gasteiger partial charge on any atom is 0.342 e. The SMILES string of the molecule is COc1c(I)cc(Br)cc1-c1c(C(=O)O)c(N)[nH]c(=O)c1C(=O)O. The van der Waals surface area contributed by atoms with E-state index >= 15 is 0 Å². The van der Waals surface area contributed by atoms with Crippen molar-refractivity contribution in [3.8, 4) is 16.9 Å². The maximum absolute atomic E-state index is 12.1. The van der Waals surface area contributed by atoms with Gasteiger partial charge in [-0.05, 0) is 34.7 Å². The summed E-state index contributed by atoms with van der Waals surface area (Å²) in [5, 5.41) is 18.9. The van der Waals surface area contributed by atoms with Crippen LogP contribution in [0.4, 0.5) is 5.82 Å². The summed E-state index contributed by atoms with van der Waals surface area (Å²) >= 11 is 5.21. The molecule has 0 aliphatic carbocycles. The van der Waals surface area contributed by atoms with Gasteiger partial charge in [0.1, 0.15) is 22.7 Å². The van der Waals surface area contributed by atoms with Gasteiger partial charge in [0.15, 0.2) is 0 Å². The van der Waals surface area contributed by atoms with E-state index in [9.17, 15) is 24.6 Å². The number of H-pyrrole nitrogens is 1. The molecule has 0 spiro atoms. The third kappa shape index (κ3) is 3.11. The fourth-order valence-corrected chi connectivity index (χ4v) is 4.00. The zero-order valence-corrected chi connectivity index (χ0v) is 15.8. The molecule has 5 N–H and O–H groups in total. The second-order valence-electron chi connectivity index (χ2n) is 4.57. The zero-order chi connectivity index (χ0) is 18.2. The molecule has 0 fully saturated rings. The summed E-state index contributed by atoms with van der Waals surface area (Å²) in [6.07, 6.45) is 0. The molecule has 0 aliphatic rings. The molecule has 1 aromatic heterocycles. The summed E-state index contributed by atoms with van der Waals surface area (Å²) in [5.74, 6) is -3.26. The number of halogens is 2. The van der Waals surface area contributed by atoms with Gasteiger partial charge in [0, 0.05) is 15.6 Å². The Balaban J connectivity index is 3.11. The third-order valence-electron chi connectivity index (χ3n) is 3.15. The Morgan fingerprint density at radius 2 is 1.83 bits per heavy atom. The van der Waals surface area contributed by atoms with E-state index < -0.39 is 34.4 Å². The predicted molar refractivity (Wildman–Crippen MR) is 97.8 cm³/mol. The summed E-state index contributed by atoms with van der Waals surface area (Å²) in [6, 6.07) is 3.16. The number of carboxylic acid groups (broad SMARTS) is 2. The number of hydrogen-bond donors (Lipinski definition) is 4. The van der Waals surface area contributed by atoms with Gasteiger partial charge in [-0.2, -0.15) is 0 Å². The van der Waals surface area contributed by atoms with Gasteiger partial charge in [0.2, 0.25) is 0 Å². The fourth-order valence-electron chi connectivity index (χ4n) is 2.27. The number of carbonyl (C=O) groups is 2. The highest BCUT2D eigenvalue weighted by Crippen LogP contribution is 2.40. The molecule has 1 heterocycles. The number of anilines is 1. The molecular formula is C14H10BrIN2O6. The molecule has 0 amide bonds. The summed E-state index contributed by atoms with van der Waals surface area (Å²) in [4.78, 5) is 37.3. The molecule has 0 saturated carbocycles. The van der Waals surface area contributed by atoms with E-state index in [0.29, 0.717) is 8.04 Å². The molecular weight excluding hydrogens is 499 g/mol. The van der Waals surface area contributed by atoms with E-state index in [1.807, 2.05) is 22.6 Å². The molecule has 0 radical (unpaired) electrons. The van der Waals surface area contributed by atoms with Crippen molar-refractivity contribution in [2.45, 2.75) is 0 Å². The molecule has 0 atom stereocenters. The predicted octanol–water partition coefficient (Wildman–Crippen LogP) is 2.40. The highest BCUT2D eigenvalue weighted by atomic mass is 127. The second-order valence-corrected chi connectivity index (χ2v) is 6.65. The first kappa shape index (κ1) is 18.3. The van der Waals surface area contributed by atoms with Crippen LogP contribution < -0.4 is 16.0 Å². The molecule has 8 nitrogen and oxygen atoms in total. The summed E-state index contributed by atoms with van der Waals surface area (Å²) in [7, 11) is 1.35. The van der Waals surface area contributed by atoms with Gasteiger partial charge in [-0.25, -0.2) is 9.59 Å². The number of rotatable bonds is 4. The highest BCUT2D eigenvalue weighted by molar-refractivity contribution is 14.1. The van der Waals surface area contributed by atoms with Gasteiger partial charge in [-0.15, -0.1) is 0 Å². The highest BCUT2D eigenvalue weighted by Gasteiger charge is 2.29. The maximum atomic E-state index is 12.1. The van der Waals surface area contributed by atoms with E-state index in [4.69, 9.17) is 10.5 Å². The lowest BCUT2D eigenvalue weighted by molar-refractivity contribution is 0.0695. The van der Waals surface area contributed by atoms with Gasteiger partial charge in [-0.1, -0.05) is 15.9 Å². The van der Waals surface area contributed by atoms with Gasteiger partial charge in [0.05, 0.1) is 10.7 Å². The number of benzene rings is 1. The van der Waals surface area contributed by atoms with Crippen LogP contribution in [0, 0.1) is 3.57 Å². The Bertz CT molecular complexity index is 924. The number of aromatic carboxylic acids is 2. The Morgan fingerprint density at radius 1 is 1.25 bits per heavy atom. The number of aromatic nitrogens is 1. The van der Waals surface area contributed by atoms with Crippen molar-refractivity contribution in [1.82, 2.24) is 4.98 Å². The summed E-state index contributed by atoms with van der Waals surface area (Å²) in [6.45, 7) is 0. The van der Waals surface area contributed by atoms with E-state index in [1.165, 1.54) is 13.2 Å². The molecule has 126 valence electrons. The van der Waals surface area contributed by atoms with Crippen LogP contribution in [0.2, 0.25) is 0 Å². The first-order valence-electron chi connectivity index (χ1n) is 6.24. The smallest absolute Gasteiger partial charge is 0.342 e. The number of hydrogen-bond acceptors (Lipinski definition) is 5. The number of nitrogens with two attached hydrogens (primary N) is 1. The van der Waals surface area contributed by atoms with E-state index in [-0.39, 0.29) is 16.9 Å². The van der Waals surface area contributed by atoms with Crippen LogP contribution >= 0.6 is 38.5 Å². The first-order valence-corrected chi connectivity index (χ1v) is 8.12. The van der Waals surface area contributed by atoms with Gasteiger partial charge < -0.3 is 25.7 Å². The Hall–Kier alpha value is -2.08. The van der Waals surface area contributed by atoms with Crippen molar-refractivity contribution in [2.75, 3.05) is 12.8 Å². The molecule has 0 unspecified atom stereocenters. The van der Waals surface area contributed by atoms with Crippen LogP contribution in [0.5, 0.6) is 5.75 Å². The number of carboxylic acids is 2. The fraction of sp³-hybridized carbons (Fsp3) is 0.0714. The van der Waals surface area contributed by atoms with Crippen LogP contribution in [0.15, 0.2) is 21.4 Å². The lowest BCUT2D eigenvalue weighted by Crippen LogP contribution is -2.24. The average molecular weight is 509 g/mol. The molecule has 2 aromatic rings. The molecule has 2 rings (SSSR count). The average Bonchev–Trinajstić information content (AvgIpc) is 2.44. The number of methoxy groups -OCH3 is 1. The van der Waals surface area contributed by atoms with Crippen LogP contribution in [0.25, 0.3) is 11.1 Å². The number of nitrogen functional groups attached to an aromatic ring is 1. The zero-order valence-electron chi connectivity index (χ0n) is 12.0. The Kier molecular flexibility index (Phi) is 5.18. The summed E-state index contributed by atoms with van der Waals surface area (Å²) in [5.41, 5.74) is 3.18. The topological polar surface area (TPSA) is 143 Å². The lowest BCUT2D eigenvalue weighted by atomic mass is 9.94. The molecule has 10 heteroatoms. The number of nitrogens with one attached hydrogen (secondary N) is 1. The molecule has 24 heavy (non-hydrogen) atoms. The molecule has 1 aromatic carbocycles. The minimum atomic E-state index is -1.58. The summed E-state index contributed by atoms with van der Waals surface area (Å²) < 4.78 is 6.41. The van der Waals surface area contributed by atoms with Crippen LogP contribution in [0.1, 0.15) is 20.7 Å². The minimum absolute atomic E-state index is 0.129. The monoisotopic (exact) mass is 508 g/mol. The van der Waals surface area contributed by atoms with Crippen molar-refractivity contribution in [3.05, 3.63) is 41.7 Å². The second kappa shape index (κ2) is 6.81. The largest absolute Gasteiger partial charge is 0.495 e. The van der Waals surface area contributed by atoms with Gasteiger partial charge >= 0.3 is 11.9 Å². The third-order valence-corrected chi connectivity index (χ3v) is 4.41. The minimum Gasteiger partial charge on any atom is -0.495 e. The Morgan fingerprint density at radius 3 is 2.33 bits per heavy atom. The standard InChI is InChI=1S/C14H10BrIN2O6/c1-24-10-5(2-4(15)3-6(10)16)7-8(13(20)21)11(17)18-12(19)9(7)14(22)23/h2-3H,1H3,(H,20,21)(H,22,23)(H3,17,18,19). The number of aromatic amines is 1. The van der Waals surface area contributed by atoms with E-state index in [2.05, 4.69) is 20.9 Å². The van der Waals surface area contributed by atoms with Crippen molar-refractivity contribution in [3.63, 3.8) is 0 Å². The van der Waals surface area contributed by atoms with Crippen molar-refractivity contribution < 1.29 is 24.5 Å². The van der Waals surface area contributed by atoms with Crippen molar-refractivity contribution in [2.24, 2.45) is 0 Å². The Labute approximate surface area is 156 Å². The lowest BCUT2D eigenvalue weighted by Gasteiger charge is -2.16. The number of ether oxygens (including phenoxy) is 1. The van der Waals surface area contributed by atoms with E-state index in [1.54, 1.807) is 6.07 Å². The van der Waals surface area contributed by atoms with Gasteiger partial charge in [-0.3, -0.25) is 4.79 Å². The van der Waals surface area contributed by atoms with E-state index in [0.717, 1.165) is 0 Å².